The minimum Gasteiger partial charge on any atom is -0.492 e. The first-order valence-electron chi connectivity index (χ1n) is 18.0. The number of hydrogen-bond acceptors (Lipinski definition) is 8. The van der Waals surface area contributed by atoms with Crippen LogP contribution in [0.15, 0.2) is 47.6 Å². The standard InChI is InChI=1S/C39H50ClN5O7/c1-8-13-28(31(46)36(49)41-7)42-35(48)30-20-39(19-29(44-52-39)24-16-22(3)32(51-9-2)27(40)17-24)21-45(30)37(50)33(38(4,5)6)43-34(47)26-18-25(26)23-14-11-10-12-15-23/h10-12,14-17,25-26,28,30,33H,8-9,13,18-21H2,1-7H3,(H,41,49)(H,42,48)(H,43,47)/t25-,26+,28-,30-,33+,39+/m0/s1. The van der Waals surface area contributed by atoms with Gasteiger partial charge in [-0.1, -0.05) is 81.2 Å². The number of hydrogen-bond donors (Lipinski definition) is 3. The summed E-state index contributed by atoms with van der Waals surface area (Å²) in [5, 5.41) is 13.0. The van der Waals surface area contributed by atoms with Crippen LogP contribution in [0.4, 0.5) is 0 Å². The molecule has 0 bridgehead atoms. The first kappa shape index (κ1) is 38.8. The fourth-order valence-corrected chi connectivity index (χ4v) is 7.55. The molecular weight excluding hydrogens is 686 g/mol. The number of nitrogens with one attached hydrogen (secondary N) is 3. The molecule has 2 fully saturated rings. The molecule has 3 aliphatic rings. The Morgan fingerprint density at radius 2 is 1.79 bits per heavy atom. The Morgan fingerprint density at radius 3 is 2.40 bits per heavy atom. The van der Waals surface area contributed by atoms with E-state index in [1.165, 1.54) is 11.9 Å². The number of ketones is 1. The lowest BCUT2D eigenvalue weighted by Crippen LogP contribution is -2.59. The van der Waals surface area contributed by atoms with Crippen molar-refractivity contribution in [2.24, 2.45) is 16.5 Å². The van der Waals surface area contributed by atoms with Crippen LogP contribution in [0.3, 0.4) is 0 Å². The van der Waals surface area contributed by atoms with Gasteiger partial charge in [0, 0.05) is 31.4 Å². The van der Waals surface area contributed by atoms with Crippen LogP contribution in [0, 0.1) is 18.3 Å². The maximum absolute atomic E-state index is 14.7. The molecule has 2 aliphatic heterocycles. The molecule has 2 aromatic rings. The fraction of sp³-hybridized carbons (Fsp3) is 0.538. The van der Waals surface area contributed by atoms with Gasteiger partial charge in [0.25, 0.3) is 5.91 Å². The van der Waals surface area contributed by atoms with Gasteiger partial charge in [0.1, 0.15) is 17.8 Å². The number of benzene rings is 2. The zero-order chi connectivity index (χ0) is 38.0. The van der Waals surface area contributed by atoms with Crippen molar-refractivity contribution in [2.45, 2.75) is 103 Å². The lowest BCUT2D eigenvalue weighted by Gasteiger charge is -2.35. The third kappa shape index (κ3) is 8.27. The van der Waals surface area contributed by atoms with E-state index in [2.05, 4.69) is 21.1 Å². The van der Waals surface area contributed by atoms with Crippen LogP contribution in [0.25, 0.3) is 0 Å². The molecule has 6 atom stereocenters. The van der Waals surface area contributed by atoms with E-state index >= 15 is 0 Å². The maximum Gasteiger partial charge on any atom is 0.289 e. The van der Waals surface area contributed by atoms with E-state index in [0.717, 1.165) is 16.7 Å². The molecule has 13 heteroatoms. The highest BCUT2D eigenvalue weighted by Crippen LogP contribution is 2.48. The summed E-state index contributed by atoms with van der Waals surface area (Å²) in [5.41, 5.74) is 1.43. The first-order valence-corrected chi connectivity index (χ1v) is 18.4. The van der Waals surface area contributed by atoms with Crippen LogP contribution in [-0.4, -0.2) is 83.9 Å². The van der Waals surface area contributed by atoms with E-state index < -0.39 is 52.6 Å². The fourth-order valence-electron chi connectivity index (χ4n) is 7.23. The number of oxime groups is 1. The van der Waals surface area contributed by atoms with E-state index in [1.54, 1.807) is 6.07 Å². The summed E-state index contributed by atoms with van der Waals surface area (Å²) in [4.78, 5) is 75.3. The number of ether oxygens (including phenoxy) is 1. The van der Waals surface area contributed by atoms with Gasteiger partial charge in [0.2, 0.25) is 23.5 Å². The number of likely N-dealkylation sites (tertiary alicyclic amines) is 1. The number of aryl methyl sites for hydroxylation is 1. The molecule has 2 aromatic carbocycles. The number of rotatable bonds is 13. The smallest absolute Gasteiger partial charge is 0.289 e. The summed E-state index contributed by atoms with van der Waals surface area (Å²) < 4.78 is 5.70. The van der Waals surface area contributed by atoms with Crippen LogP contribution in [0.1, 0.15) is 89.3 Å². The molecule has 1 spiro atoms. The Labute approximate surface area is 310 Å². The molecule has 1 saturated carbocycles. The average molecular weight is 736 g/mol. The summed E-state index contributed by atoms with van der Waals surface area (Å²) >= 11 is 6.58. The molecule has 0 unspecified atom stereocenters. The highest BCUT2D eigenvalue weighted by Gasteiger charge is 2.56. The van der Waals surface area contributed by atoms with E-state index in [0.29, 0.717) is 35.9 Å². The van der Waals surface area contributed by atoms with Gasteiger partial charge in [-0.15, -0.1) is 0 Å². The lowest BCUT2D eigenvalue weighted by atomic mass is 9.85. The minimum atomic E-state index is -1.08. The average Bonchev–Trinajstić information content (AvgIpc) is 3.68. The summed E-state index contributed by atoms with van der Waals surface area (Å²) in [6.07, 6.45) is 1.78. The van der Waals surface area contributed by atoms with Crippen molar-refractivity contribution in [1.29, 1.82) is 0 Å². The van der Waals surface area contributed by atoms with Gasteiger partial charge < -0.3 is 30.4 Å². The second-order valence-electron chi connectivity index (χ2n) is 15.2. The Morgan fingerprint density at radius 1 is 1.08 bits per heavy atom. The van der Waals surface area contributed by atoms with Crippen LogP contribution in [0.5, 0.6) is 5.75 Å². The molecule has 12 nitrogen and oxygen atoms in total. The normalized spacial score (nSPS) is 23.3. The summed E-state index contributed by atoms with van der Waals surface area (Å²) in [6.45, 7) is 11.7. The summed E-state index contributed by atoms with van der Waals surface area (Å²) in [6, 6.07) is 10.3. The van der Waals surface area contributed by atoms with E-state index in [9.17, 15) is 24.0 Å². The lowest BCUT2D eigenvalue weighted by molar-refractivity contribution is -0.145. The number of carbonyl (C=O) groups excluding carboxylic acids is 5. The number of halogens is 1. The van der Waals surface area contributed by atoms with Gasteiger partial charge in [0.05, 0.1) is 29.9 Å². The zero-order valence-electron chi connectivity index (χ0n) is 31.0. The second-order valence-corrected chi connectivity index (χ2v) is 15.6. The van der Waals surface area contributed by atoms with Crippen LogP contribution < -0.4 is 20.7 Å². The van der Waals surface area contributed by atoms with Crippen molar-refractivity contribution in [3.05, 3.63) is 64.2 Å². The van der Waals surface area contributed by atoms with E-state index in [4.69, 9.17) is 21.2 Å². The predicted octanol–water partition coefficient (Wildman–Crippen LogP) is 4.45. The Kier molecular flexibility index (Phi) is 11.7. The molecule has 1 saturated heterocycles. The van der Waals surface area contributed by atoms with Crippen molar-refractivity contribution in [3.8, 4) is 5.75 Å². The summed E-state index contributed by atoms with van der Waals surface area (Å²) in [7, 11) is 1.35. The monoisotopic (exact) mass is 735 g/mol. The van der Waals surface area contributed by atoms with E-state index in [1.807, 2.05) is 77.9 Å². The van der Waals surface area contributed by atoms with Crippen molar-refractivity contribution in [3.63, 3.8) is 0 Å². The quantitative estimate of drug-likeness (QED) is 0.257. The molecule has 3 N–H and O–H groups in total. The second kappa shape index (κ2) is 15.7. The topological polar surface area (TPSA) is 156 Å². The van der Waals surface area contributed by atoms with Crippen LogP contribution in [-0.2, 0) is 28.8 Å². The number of carbonyl (C=O) groups is 5. The molecule has 1 aliphatic carbocycles. The minimum absolute atomic E-state index is 0.00101. The maximum atomic E-state index is 14.7. The molecule has 0 radical (unpaired) electrons. The molecular formula is C39H50ClN5O7. The van der Waals surface area contributed by atoms with Gasteiger partial charge in [-0.05, 0) is 61.3 Å². The van der Waals surface area contributed by atoms with Crippen molar-refractivity contribution in [2.75, 3.05) is 20.2 Å². The Hall–Kier alpha value is -4.45. The largest absolute Gasteiger partial charge is 0.492 e. The molecule has 280 valence electrons. The predicted molar refractivity (Wildman–Crippen MR) is 197 cm³/mol. The van der Waals surface area contributed by atoms with E-state index in [-0.39, 0.29) is 43.6 Å². The molecule has 0 aromatic heterocycles. The Bertz CT molecular complexity index is 1720. The zero-order valence-corrected chi connectivity index (χ0v) is 31.8. The molecule has 4 amide bonds. The van der Waals surface area contributed by atoms with Crippen LogP contribution in [0.2, 0.25) is 5.02 Å². The van der Waals surface area contributed by atoms with Gasteiger partial charge in [0.15, 0.2) is 5.60 Å². The number of Topliss-reactive ketones (excluding diaryl/α,β-unsaturated/α-hetero) is 1. The number of likely N-dealkylation sites (N-methyl/N-ethyl adjacent to an activating group) is 1. The van der Waals surface area contributed by atoms with Gasteiger partial charge in [-0.25, -0.2) is 0 Å². The molecule has 5 rings (SSSR count). The van der Waals surface area contributed by atoms with Gasteiger partial charge in [-0.2, -0.15) is 0 Å². The number of nitrogens with zero attached hydrogens (tertiary/aromatic N) is 2. The third-order valence-corrected chi connectivity index (χ3v) is 10.4. The summed E-state index contributed by atoms with van der Waals surface area (Å²) in [5.74, 6) is -2.47. The Balaban J connectivity index is 1.42. The highest BCUT2D eigenvalue weighted by atomic mass is 35.5. The molecule has 2 heterocycles. The van der Waals surface area contributed by atoms with Crippen LogP contribution >= 0.6 is 11.6 Å². The number of amides is 4. The SMILES string of the molecule is CCC[C@H](NC(=O)[C@@H]1C[C@]2(CC(c3cc(C)c(OCC)c(Cl)c3)=NO2)CN1C(=O)[C@@H](NC(=O)[C@@H]1C[C@H]1c1ccccc1)C(C)(C)C)C(=O)C(=O)NC. The van der Waals surface area contributed by atoms with Crippen molar-refractivity contribution in [1.82, 2.24) is 20.9 Å². The van der Waals surface area contributed by atoms with Gasteiger partial charge in [-0.3, -0.25) is 24.0 Å². The van der Waals surface area contributed by atoms with Crippen molar-refractivity contribution >= 4 is 46.7 Å². The van der Waals surface area contributed by atoms with Gasteiger partial charge >= 0.3 is 0 Å². The first-order chi connectivity index (χ1) is 24.6. The highest BCUT2D eigenvalue weighted by molar-refractivity contribution is 6.38. The molecule has 52 heavy (non-hydrogen) atoms. The van der Waals surface area contributed by atoms with Crippen molar-refractivity contribution < 1.29 is 33.5 Å². The third-order valence-electron chi connectivity index (χ3n) is 10.1.